The van der Waals surface area contributed by atoms with E-state index in [9.17, 15) is 14.7 Å². The van der Waals surface area contributed by atoms with Crippen LogP contribution >= 0.6 is 0 Å². The second-order valence-corrected chi connectivity index (χ2v) is 15.7. The van der Waals surface area contributed by atoms with Gasteiger partial charge in [-0.2, -0.15) is 0 Å². The Hall–Kier alpha value is -2.48. The van der Waals surface area contributed by atoms with Gasteiger partial charge in [0.2, 0.25) is 5.91 Å². The number of hydrogen-bond acceptors (Lipinski definition) is 5. The van der Waals surface area contributed by atoms with Crippen LogP contribution in [0.2, 0.25) is 18.1 Å². The zero-order chi connectivity index (χ0) is 28.1. The molecule has 0 unspecified atom stereocenters. The van der Waals surface area contributed by atoms with Crippen molar-refractivity contribution in [2.75, 3.05) is 6.61 Å². The number of carbonyl (C=O) groups is 2. The summed E-state index contributed by atoms with van der Waals surface area (Å²) in [6.07, 6.45) is -1.14. The summed E-state index contributed by atoms with van der Waals surface area (Å²) >= 11 is 0. The SMILES string of the molecule is CC[Si](CC)(CC)O[C@@H]([C@@H](C)CO)[C@@H](C)C(=O)N1C(=O)OC(c2ccccc2)(c2ccccc2)[C@H]1C(C)C. The van der Waals surface area contributed by atoms with E-state index in [2.05, 4.69) is 20.8 Å². The highest BCUT2D eigenvalue weighted by molar-refractivity contribution is 6.73. The van der Waals surface area contributed by atoms with E-state index in [1.54, 1.807) is 0 Å². The Morgan fingerprint density at radius 1 is 0.947 bits per heavy atom. The van der Waals surface area contributed by atoms with Crippen molar-refractivity contribution in [3.05, 3.63) is 71.8 Å². The van der Waals surface area contributed by atoms with Crippen LogP contribution in [0.5, 0.6) is 0 Å². The van der Waals surface area contributed by atoms with Gasteiger partial charge in [-0.25, -0.2) is 9.69 Å². The minimum atomic E-state index is -2.10. The van der Waals surface area contributed by atoms with Gasteiger partial charge < -0.3 is 14.3 Å². The summed E-state index contributed by atoms with van der Waals surface area (Å²) in [7, 11) is -2.10. The lowest BCUT2D eigenvalue weighted by atomic mass is 9.75. The number of hydrogen-bond donors (Lipinski definition) is 1. The van der Waals surface area contributed by atoms with E-state index in [0.29, 0.717) is 0 Å². The highest BCUT2D eigenvalue weighted by atomic mass is 28.4. The van der Waals surface area contributed by atoms with E-state index in [-0.39, 0.29) is 24.3 Å². The van der Waals surface area contributed by atoms with Crippen LogP contribution in [-0.2, 0) is 19.6 Å². The molecule has 0 saturated carbocycles. The molecule has 2 aromatic rings. The van der Waals surface area contributed by atoms with Crippen molar-refractivity contribution in [1.29, 1.82) is 0 Å². The molecule has 0 aliphatic carbocycles. The monoisotopic (exact) mass is 539 g/mol. The van der Waals surface area contributed by atoms with Crippen molar-refractivity contribution >= 4 is 20.3 Å². The molecule has 1 heterocycles. The van der Waals surface area contributed by atoms with E-state index in [0.717, 1.165) is 29.3 Å². The summed E-state index contributed by atoms with van der Waals surface area (Å²) in [4.78, 5) is 29.4. The summed E-state index contributed by atoms with van der Waals surface area (Å²) in [6, 6.07) is 21.6. The predicted octanol–water partition coefficient (Wildman–Crippen LogP) is 6.59. The number of carbonyl (C=O) groups excluding carboxylic acids is 2. The van der Waals surface area contributed by atoms with Crippen molar-refractivity contribution in [3.8, 4) is 0 Å². The molecule has 0 aromatic heterocycles. The molecule has 1 fully saturated rings. The molecule has 0 spiro atoms. The molecular formula is C31H45NO5Si. The summed E-state index contributed by atoms with van der Waals surface area (Å²) in [5.74, 6) is -1.30. The number of ether oxygens (including phenoxy) is 1. The predicted molar refractivity (Wildman–Crippen MR) is 153 cm³/mol. The molecule has 0 radical (unpaired) electrons. The summed E-state index contributed by atoms with van der Waals surface area (Å²) in [6.45, 7) is 14.1. The second kappa shape index (κ2) is 12.6. The van der Waals surface area contributed by atoms with E-state index in [4.69, 9.17) is 9.16 Å². The lowest BCUT2D eigenvalue weighted by Crippen LogP contribution is -2.54. The van der Waals surface area contributed by atoms with Crippen LogP contribution in [0.1, 0.15) is 59.6 Å². The average Bonchev–Trinajstić information content (AvgIpc) is 3.28. The summed E-state index contributed by atoms with van der Waals surface area (Å²) in [5.41, 5.74) is 0.510. The van der Waals surface area contributed by atoms with Crippen molar-refractivity contribution in [2.24, 2.45) is 17.8 Å². The maximum atomic E-state index is 14.3. The van der Waals surface area contributed by atoms with Crippen LogP contribution < -0.4 is 0 Å². The van der Waals surface area contributed by atoms with E-state index >= 15 is 0 Å². The number of imide groups is 1. The fraction of sp³-hybridized carbons (Fsp3) is 0.548. The fourth-order valence-electron chi connectivity index (χ4n) is 6.00. The zero-order valence-corrected chi connectivity index (χ0v) is 25.0. The molecule has 7 heteroatoms. The van der Waals surface area contributed by atoms with Gasteiger partial charge >= 0.3 is 6.09 Å². The molecular weight excluding hydrogens is 494 g/mol. The van der Waals surface area contributed by atoms with Gasteiger partial charge in [-0.1, -0.05) is 109 Å². The molecule has 0 bridgehead atoms. The number of aliphatic hydroxyl groups excluding tert-OH is 1. The molecule has 2 amide bonds. The maximum absolute atomic E-state index is 14.3. The maximum Gasteiger partial charge on any atom is 0.418 e. The van der Waals surface area contributed by atoms with Gasteiger partial charge in [0, 0.05) is 23.7 Å². The summed E-state index contributed by atoms with van der Waals surface area (Å²) in [5, 5.41) is 10.1. The van der Waals surface area contributed by atoms with Gasteiger partial charge in [0.15, 0.2) is 13.9 Å². The van der Waals surface area contributed by atoms with Gasteiger partial charge in [-0.05, 0) is 24.1 Å². The Morgan fingerprint density at radius 3 is 1.82 bits per heavy atom. The van der Waals surface area contributed by atoms with Gasteiger partial charge in [0.1, 0.15) is 0 Å². The minimum Gasteiger partial charge on any atom is -0.430 e. The van der Waals surface area contributed by atoms with Crippen molar-refractivity contribution < 1.29 is 23.9 Å². The molecule has 208 valence electrons. The van der Waals surface area contributed by atoms with Crippen molar-refractivity contribution in [1.82, 2.24) is 4.90 Å². The van der Waals surface area contributed by atoms with Gasteiger partial charge in [0.25, 0.3) is 0 Å². The number of rotatable bonds is 12. The molecule has 1 aliphatic heterocycles. The number of aliphatic hydroxyl groups is 1. The second-order valence-electron chi connectivity index (χ2n) is 11.0. The van der Waals surface area contributed by atoms with Crippen LogP contribution in [0.15, 0.2) is 60.7 Å². The van der Waals surface area contributed by atoms with Gasteiger partial charge in [0.05, 0.1) is 18.1 Å². The first-order valence-electron chi connectivity index (χ1n) is 14.1. The fourth-order valence-corrected chi connectivity index (χ4v) is 9.01. The third-order valence-corrected chi connectivity index (χ3v) is 13.1. The van der Waals surface area contributed by atoms with E-state index in [1.807, 2.05) is 88.4 Å². The number of nitrogens with zero attached hydrogens (tertiary/aromatic N) is 1. The standard InChI is InChI=1S/C31H45NO5Si/c1-8-38(9-2,10-3)37-27(23(6)21-33)24(7)29(34)32-28(22(4)5)31(36-30(32)35,25-17-13-11-14-18-25)26-19-15-12-16-20-26/h11-20,22-24,27-28,33H,8-10,21H2,1-7H3/t23-,24+,27-,28+/m0/s1. The molecule has 6 nitrogen and oxygen atoms in total. The zero-order valence-electron chi connectivity index (χ0n) is 24.0. The topological polar surface area (TPSA) is 76.1 Å². The molecule has 1 saturated heterocycles. The van der Waals surface area contributed by atoms with E-state index < -0.39 is 38.1 Å². The quantitative estimate of drug-likeness (QED) is 0.308. The van der Waals surface area contributed by atoms with Crippen LogP contribution in [0.3, 0.4) is 0 Å². The first-order valence-corrected chi connectivity index (χ1v) is 16.6. The smallest absolute Gasteiger partial charge is 0.418 e. The van der Waals surface area contributed by atoms with Gasteiger partial charge in [-0.15, -0.1) is 0 Å². The Kier molecular flexibility index (Phi) is 9.95. The Balaban J connectivity index is 2.11. The Morgan fingerprint density at radius 2 is 1.42 bits per heavy atom. The third kappa shape index (κ3) is 5.47. The number of benzene rings is 2. The lowest BCUT2D eigenvalue weighted by molar-refractivity contribution is -0.138. The minimum absolute atomic E-state index is 0.0944. The van der Waals surface area contributed by atoms with Crippen LogP contribution in [0.25, 0.3) is 0 Å². The molecule has 3 rings (SSSR count). The van der Waals surface area contributed by atoms with Crippen LogP contribution in [-0.4, -0.2) is 49.1 Å². The molecule has 4 atom stereocenters. The first kappa shape index (κ1) is 30.1. The highest BCUT2D eigenvalue weighted by Gasteiger charge is 2.60. The lowest BCUT2D eigenvalue weighted by Gasteiger charge is -2.41. The van der Waals surface area contributed by atoms with Crippen molar-refractivity contribution in [2.45, 2.75) is 84.3 Å². The molecule has 1 N–H and O–H groups in total. The molecule has 1 aliphatic rings. The average molecular weight is 540 g/mol. The third-order valence-electron chi connectivity index (χ3n) is 8.46. The van der Waals surface area contributed by atoms with Crippen LogP contribution in [0.4, 0.5) is 4.79 Å². The van der Waals surface area contributed by atoms with E-state index in [1.165, 1.54) is 4.90 Å². The number of cyclic esters (lactones) is 1. The first-order chi connectivity index (χ1) is 18.1. The Bertz CT molecular complexity index is 1010. The Labute approximate surface area is 229 Å². The van der Waals surface area contributed by atoms with Crippen molar-refractivity contribution in [3.63, 3.8) is 0 Å². The number of amides is 2. The summed E-state index contributed by atoms with van der Waals surface area (Å²) < 4.78 is 13.1. The molecule has 2 aromatic carbocycles. The normalized spacial score (nSPS) is 19.8. The van der Waals surface area contributed by atoms with Crippen LogP contribution in [0, 0.1) is 17.8 Å². The highest BCUT2D eigenvalue weighted by Crippen LogP contribution is 2.48. The molecule has 38 heavy (non-hydrogen) atoms. The van der Waals surface area contributed by atoms with Gasteiger partial charge in [-0.3, -0.25) is 4.79 Å². The largest absolute Gasteiger partial charge is 0.430 e.